The van der Waals surface area contributed by atoms with Crippen molar-refractivity contribution in [1.82, 2.24) is 9.80 Å². The highest BCUT2D eigenvalue weighted by Gasteiger charge is 2.28. The molecule has 0 aliphatic carbocycles. The Morgan fingerprint density at radius 1 is 1.25 bits per heavy atom. The van der Waals surface area contributed by atoms with Crippen molar-refractivity contribution in [2.75, 3.05) is 26.7 Å². The summed E-state index contributed by atoms with van der Waals surface area (Å²) in [7, 11) is 1.81. The second kappa shape index (κ2) is 9.39. The van der Waals surface area contributed by atoms with E-state index >= 15 is 0 Å². The Kier molecular flexibility index (Phi) is 7.44. The Bertz CT molecular complexity index is 679. The molecule has 0 aromatic heterocycles. The summed E-state index contributed by atoms with van der Waals surface area (Å²) in [4.78, 5) is 28.3. The molecule has 0 bridgehead atoms. The number of rotatable bonds is 5. The molecule has 6 heteroatoms. The van der Waals surface area contributed by atoms with Gasteiger partial charge < -0.3 is 14.5 Å². The summed E-state index contributed by atoms with van der Waals surface area (Å²) in [6, 6.07) is 6.60. The quantitative estimate of drug-likeness (QED) is 0.758. The van der Waals surface area contributed by atoms with E-state index in [1.807, 2.05) is 27.7 Å². The van der Waals surface area contributed by atoms with Gasteiger partial charge in [0.05, 0.1) is 0 Å². The van der Waals surface area contributed by atoms with Crippen LogP contribution in [0.2, 0.25) is 0 Å². The molecular formula is C22H33FN2O3. The molecule has 1 saturated heterocycles. The molecule has 1 aromatic carbocycles. The summed E-state index contributed by atoms with van der Waals surface area (Å²) in [5.74, 6) is -0.158. The third-order valence-electron chi connectivity index (χ3n) is 5.08. The maximum Gasteiger partial charge on any atom is 0.410 e. The van der Waals surface area contributed by atoms with E-state index in [1.54, 1.807) is 35.0 Å². The molecule has 0 spiro atoms. The Morgan fingerprint density at radius 2 is 1.86 bits per heavy atom. The standard InChI is InChI=1S/C22H33FN2O3/c1-16(14-18-8-6-7-9-19(18)23)20(26)24(5)15-17-10-12-25(13-11-17)21(27)28-22(2,3)4/h6-9,16-17H,10-15H2,1-5H3. The number of benzene rings is 1. The minimum Gasteiger partial charge on any atom is -0.444 e. The van der Waals surface area contributed by atoms with Crippen LogP contribution in [0.5, 0.6) is 0 Å². The fraction of sp³-hybridized carbons (Fsp3) is 0.636. The van der Waals surface area contributed by atoms with Gasteiger partial charge in [-0.15, -0.1) is 0 Å². The van der Waals surface area contributed by atoms with Gasteiger partial charge in [0, 0.05) is 32.6 Å². The van der Waals surface area contributed by atoms with E-state index in [-0.39, 0.29) is 23.7 Å². The number of nitrogens with zero attached hydrogens (tertiary/aromatic N) is 2. The van der Waals surface area contributed by atoms with Crippen molar-refractivity contribution in [3.8, 4) is 0 Å². The SMILES string of the molecule is CC(Cc1ccccc1F)C(=O)N(C)CC1CCN(C(=O)OC(C)(C)C)CC1. The molecule has 1 aliphatic rings. The monoisotopic (exact) mass is 392 g/mol. The summed E-state index contributed by atoms with van der Waals surface area (Å²) in [5, 5.41) is 0. The lowest BCUT2D eigenvalue weighted by atomic mass is 9.95. The predicted octanol–water partition coefficient (Wildman–Crippen LogP) is 4.11. The largest absolute Gasteiger partial charge is 0.444 e. The molecule has 2 rings (SSSR count). The third-order valence-corrected chi connectivity index (χ3v) is 5.08. The van der Waals surface area contributed by atoms with Crippen molar-refractivity contribution in [3.05, 3.63) is 35.6 Å². The van der Waals surface area contributed by atoms with Crippen molar-refractivity contribution in [3.63, 3.8) is 0 Å². The molecule has 1 heterocycles. The van der Waals surface area contributed by atoms with Gasteiger partial charge in [-0.05, 0) is 57.6 Å². The minimum atomic E-state index is -0.491. The van der Waals surface area contributed by atoms with E-state index in [0.29, 0.717) is 37.5 Å². The number of piperidine rings is 1. The number of carbonyl (C=O) groups excluding carboxylic acids is 2. The van der Waals surface area contributed by atoms with Crippen LogP contribution in [0.1, 0.15) is 46.1 Å². The van der Waals surface area contributed by atoms with Gasteiger partial charge in [-0.1, -0.05) is 25.1 Å². The molecule has 1 fully saturated rings. The molecule has 0 N–H and O–H groups in total. The molecule has 156 valence electrons. The Labute approximate surface area is 167 Å². The molecule has 1 aromatic rings. The maximum atomic E-state index is 13.8. The number of hydrogen-bond acceptors (Lipinski definition) is 3. The summed E-state index contributed by atoms with van der Waals surface area (Å²) >= 11 is 0. The zero-order valence-electron chi connectivity index (χ0n) is 17.7. The van der Waals surface area contributed by atoms with Gasteiger partial charge in [-0.25, -0.2) is 9.18 Å². The van der Waals surface area contributed by atoms with Crippen LogP contribution in [-0.2, 0) is 16.0 Å². The highest BCUT2D eigenvalue weighted by atomic mass is 19.1. The molecule has 1 aliphatic heterocycles. The van der Waals surface area contributed by atoms with Crippen LogP contribution < -0.4 is 0 Å². The van der Waals surface area contributed by atoms with Crippen molar-refractivity contribution in [1.29, 1.82) is 0 Å². The van der Waals surface area contributed by atoms with Gasteiger partial charge >= 0.3 is 6.09 Å². The smallest absolute Gasteiger partial charge is 0.410 e. The first kappa shape index (κ1) is 22.2. The van der Waals surface area contributed by atoms with E-state index in [1.165, 1.54) is 6.07 Å². The van der Waals surface area contributed by atoms with Crippen LogP contribution >= 0.6 is 0 Å². The zero-order chi connectivity index (χ0) is 20.9. The molecule has 1 unspecified atom stereocenters. The molecule has 0 radical (unpaired) electrons. The first-order valence-electron chi connectivity index (χ1n) is 10.0. The number of amides is 2. The van der Waals surface area contributed by atoms with Gasteiger partial charge in [-0.3, -0.25) is 4.79 Å². The number of likely N-dealkylation sites (tertiary alicyclic amines) is 1. The average molecular weight is 393 g/mol. The number of hydrogen-bond donors (Lipinski definition) is 0. The number of halogens is 1. The first-order chi connectivity index (χ1) is 13.1. The van der Waals surface area contributed by atoms with Crippen LogP contribution in [0.25, 0.3) is 0 Å². The van der Waals surface area contributed by atoms with E-state index in [9.17, 15) is 14.0 Å². The highest BCUT2D eigenvalue weighted by molar-refractivity contribution is 5.78. The van der Waals surface area contributed by atoms with Crippen LogP contribution in [-0.4, -0.2) is 54.1 Å². The number of ether oxygens (including phenoxy) is 1. The van der Waals surface area contributed by atoms with Crippen molar-refractivity contribution >= 4 is 12.0 Å². The molecule has 1 atom stereocenters. The Morgan fingerprint density at radius 3 is 2.43 bits per heavy atom. The second-order valence-corrected chi connectivity index (χ2v) is 8.83. The minimum absolute atomic E-state index is 0.0258. The van der Waals surface area contributed by atoms with E-state index in [4.69, 9.17) is 4.74 Å². The summed E-state index contributed by atoms with van der Waals surface area (Å²) < 4.78 is 19.2. The van der Waals surface area contributed by atoms with E-state index < -0.39 is 5.60 Å². The fourth-order valence-corrected chi connectivity index (χ4v) is 3.56. The van der Waals surface area contributed by atoms with Crippen LogP contribution in [0, 0.1) is 17.7 Å². The molecule has 2 amide bonds. The molecule has 28 heavy (non-hydrogen) atoms. The van der Waals surface area contributed by atoms with Crippen LogP contribution in [0.15, 0.2) is 24.3 Å². The Balaban J connectivity index is 1.80. The Hall–Kier alpha value is -2.11. The van der Waals surface area contributed by atoms with E-state index in [2.05, 4.69) is 0 Å². The topological polar surface area (TPSA) is 49.9 Å². The molecule has 5 nitrogen and oxygen atoms in total. The van der Waals surface area contributed by atoms with Crippen LogP contribution in [0.4, 0.5) is 9.18 Å². The highest BCUT2D eigenvalue weighted by Crippen LogP contribution is 2.21. The van der Waals surface area contributed by atoms with Crippen molar-refractivity contribution in [2.24, 2.45) is 11.8 Å². The fourth-order valence-electron chi connectivity index (χ4n) is 3.56. The molecular weight excluding hydrogens is 359 g/mol. The van der Waals surface area contributed by atoms with Gasteiger partial charge in [-0.2, -0.15) is 0 Å². The zero-order valence-corrected chi connectivity index (χ0v) is 17.7. The first-order valence-corrected chi connectivity index (χ1v) is 10.0. The summed E-state index contributed by atoms with van der Waals surface area (Å²) in [5.41, 5.74) is 0.0805. The van der Waals surface area contributed by atoms with Crippen molar-refractivity contribution in [2.45, 2.75) is 52.6 Å². The van der Waals surface area contributed by atoms with Crippen LogP contribution in [0.3, 0.4) is 0 Å². The number of carbonyl (C=O) groups is 2. The van der Waals surface area contributed by atoms with Gasteiger partial charge in [0.15, 0.2) is 0 Å². The van der Waals surface area contributed by atoms with E-state index in [0.717, 1.165) is 12.8 Å². The maximum absolute atomic E-state index is 13.8. The molecule has 0 saturated carbocycles. The van der Waals surface area contributed by atoms with Crippen molar-refractivity contribution < 1.29 is 18.7 Å². The lowest BCUT2D eigenvalue weighted by molar-refractivity contribution is -0.134. The second-order valence-electron chi connectivity index (χ2n) is 8.83. The summed E-state index contributed by atoms with van der Waals surface area (Å²) in [6.07, 6.45) is 1.82. The van der Waals surface area contributed by atoms with Gasteiger partial charge in [0.25, 0.3) is 0 Å². The average Bonchev–Trinajstić information content (AvgIpc) is 2.62. The predicted molar refractivity (Wildman–Crippen MR) is 107 cm³/mol. The van der Waals surface area contributed by atoms with Gasteiger partial charge in [0.1, 0.15) is 11.4 Å². The normalized spacial score (nSPS) is 16.6. The van der Waals surface area contributed by atoms with Gasteiger partial charge in [0.2, 0.25) is 5.91 Å². The lowest BCUT2D eigenvalue weighted by Gasteiger charge is -2.35. The summed E-state index contributed by atoms with van der Waals surface area (Å²) in [6.45, 7) is 9.37. The third kappa shape index (κ3) is 6.50. The lowest BCUT2D eigenvalue weighted by Crippen LogP contribution is -2.44.